The van der Waals surface area contributed by atoms with Gasteiger partial charge in [-0.1, -0.05) is 6.07 Å². The third-order valence-electron chi connectivity index (χ3n) is 3.92. The van der Waals surface area contributed by atoms with E-state index in [9.17, 15) is 0 Å². The minimum Gasteiger partial charge on any atom is -0.357 e. The fraction of sp³-hybridized carbons (Fsp3) is 0.500. The first-order chi connectivity index (χ1) is 12.2. The van der Waals surface area contributed by atoms with Gasteiger partial charge in [-0.15, -0.1) is 35.3 Å². The number of rotatable bonds is 8. The van der Waals surface area contributed by atoms with Crippen LogP contribution in [-0.2, 0) is 13.0 Å². The van der Waals surface area contributed by atoms with Crippen LogP contribution < -0.4 is 15.5 Å². The van der Waals surface area contributed by atoms with E-state index in [0.29, 0.717) is 6.54 Å². The van der Waals surface area contributed by atoms with Crippen molar-refractivity contribution in [3.8, 4) is 0 Å². The predicted octanol–water partition coefficient (Wildman–Crippen LogP) is 3.22. The second kappa shape index (κ2) is 12.1. The monoisotopic (exact) mass is 488 g/mol. The van der Waals surface area contributed by atoms with Crippen LogP contribution in [-0.4, -0.2) is 42.6 Å². The summed E-state index contributed by atoms with van der Waals surface area (Å²) >= 11 is 1.69. The van der Waals surface area contributed by atoms with Crippen molar-refractivity contribution < 1.29 is 0 Å². The summed E-state index contributed by atoms with van der Waals surface area (Å²) in [6, 6.07) is 4.18. The summed E-state index contributed by atoms with van der Waals surface area (Å²) in [7, 11) is 1.78. The summed E-state index contributed by atoms with van der Waals surface area (Å²) in [5.41, 5.74) is 2.26. The maximum Gasteiger partial charge on any atom is 0.191 e. The highest BCUT2D eigenvalue weighted by molar-refractivity contribution is 14.0. The number of aliphatic imine (C=N–C) groups is 1. The number of nitrogens with one attached hydrogen (secondary N) is 2. The molecule has 26 heavy (non-hydrogen) atoms. The average Bonchev–Trinajstić information content (AvgIpc) is 3.05. The van der Waals surface area contributed by atoms with Gasteiger partial charge in [-0.3, -0.25) is 4.99 Å². The predicted molar refractivity (Wildman–Crippen MR) is 122 cm³/mol. The van der Waals surface area contributed by atoms with Crippen molar-refractivity contribution in [1.82, 2.24) is 20.6 Å². The number of thiazole rings is 1. The Kier molecular flexibility index (Phi) is 10.5. The number of halogens is 1. The molecule has 6 nitrogen and oxygen atoms in total. The molecule has 0 radical (unpaired) electrons. The van der Waals surface area contributed by atoms with Gasteiger partial charge in [0, 0.05) is 51.2 Å². The van der Waals surface area contributed by atoms with Gasteiger partial charge >= 0.3 is 0 Å². The first-order valence-electron chi connectivity index (χ1n) is 8.71. The van der Waals surface area contributed by atoms with Gasteiger partial charge in [0.1, 0.15) is 5.82 Å². The average molecular weight is 488 g/mol. The quantitative estimate of drug-likeness (QED) is 0.340. The van der Waals surface area contributed by atoms with E-state index < -0.39 is 0 Å². The second-order valence-electron chi connectivity index (χ2n) is 5.66. The van der Waals surface area contributed by atoms with E-state index in [4.69, 9.17) is 0 Å². The number of aromatic nitrogens is 2. The molecule has 8 heteroatoms. The third kappa shape index (κ3) is 7.06. The van der Waals surface area contributed by atoms with Crippen LogP contribution in [0.5, 0.6) is 0 Å². The van der Waals surface area contributed by atoms with Crippen LogP contribution >= 0.6 is 35.3 Å². The number of pyridine rings is 1. The summed E-state index contributed by atoms with van der Waals surface area (Å²) in [4.78, 5) is 15.5. The molecule has 2 aromatic heterocycles. The first kappa shape index (κ1) is 22.6. The summed E-state index contributed by atoms with van der Waals surface area (Å²) in [6.07, 6.45) is 2.82. The standard InChI is InChI=1S/C18H28N6S.HI/c1-5-24(6-2)17-8-7-15(11-21-17)12-22-18(19-4)20-10-9-16-13-25-14(3)23-16;/h7-8,11,13H,5-6,9-10,12H2,1-4H3,(H2,19,20,22);1H. The van der Waals surface area contributed by atoms with Crippen molar-refractivity contribution in [3.05, 3.63) is 40.0 Å². The van der Waals surface area contributed by atoms with E-state index >= 15 is 0 Å². The number of hydrogen-bond acceptors (Lipinski definition) is 5. The van der Waals surface area contributed by atoms with Gasteiger partial charge in [-0.25, -0.2) is 9.97 Å². The Morgan fingerprint density at radius 2 is 2.00 bits per heavy atom. The van der Waals surface area contributed by atoms with Crippen LogP contribution in [0.25, 0.3) is 0 Å². The maximum atomic E-state index is 4.55. The molecule has 144 valence electrons. The zero-order valence-corrected chi connectivity index (χ0v) is 19.1. The van der Waals surface area contributed by atoms with Crippen molar-refractivity contribution in [2.45, 2.75) is 33.7 Å². The molecule has 2 aromatic rings. The molecule has 0 spiro atoms. The number of hydrogen-bond donors (Lipinski definition) is 2. The van der Waals surface area contributed by atoms with E-state index in [1.54, 1.807) is 18.4 Å². The molecule has 0 bridgehead atoms. The molecule has 2 heterocycles. The molecule has 2 N–H and O–H groups in total. The number of aryl methyl sites for hydroxylation is 1. The van der Waals surface area contributed by atoms with Crippen molar-refractivity contribution in [3.63, 3.8) is 0 Å². The van der Waals surface area contributed by atoms with E-state index in [2.05, 4.69) is 61.9 Å². The van der Waals surface area contributed by atoms with Gasteiger partial charge in [0.25, 0.3) is 0 Å². The minimum absolute atomic E-state index is 0. The smallest absolute Gasteiger partial charge is 0.191 e. The lowest BCUT2D eigenvalue weighted by atomic mass is 10.2. The maximum absolute atomic E-state index is 4.55. The minimum atomic E-state index is 0. The van der Waals surface area contributed by atoms with Crippen LogP contribution in [0.1, 0.15) is 30.1 Å². The van der Waals surface area contributed by atoms with E-state index in [-0.39, 0.29) is 24.0 Å². The molecule has 2 rings (SSSR count). The van der Waals surface area contributed by atoms with Crippen molar-refractivity contribution in [2.24, 2.45) is 4.99 Å². The fourth-order valence-electron chi connectivity index (χ4n) is 2.49. The molecule has 0 saturated carbocycles. The summed E-state index contributed by atoms with van der Waals surface area (Å²) in [6.45, 7) is 9.75. The molecule has 0 aliphatic heterocycles. The van der Waals surface area contributed by atoms with Gasteiger partial charge in [0.05, 0.1) is 10.7 Å². The number of anilines is 1. The number of guanidine groups is 1. The lowest BCUT2D eigenvalue weighted by molar-refractivity contribution is 0.783. The van der Waals surface area contributed by atoms with Crippen LogP contribution in [0.3, 0.4) is 0 Å². The highest BCUT2D eigenvalue weighted by Gasteiger charge is 2.04. The largest absolute Gasteiger partial charge is 0.357 e. The van der Waals surface area contributed by atoms with Gasteiger partial charge < -0.3 is 15.5 Å². The SMILES string of the molecule is CCN(CC)c1ccc(CNC(=NC)NCCc2csc(C)n2)cn1.I. The highest BCUT2D eigenvalue weighted by atomic mass is 127. The normalized spacial score (nSPS) is 11.0. The lowest BCUT2D eigenvalue weighted by Crippen LogP contribution is -2.37. The third-order valence-corrected chi connectivity index (χ3v) is 4.74. The molecular weight excluding hydrogens is 459 g/mol. The van der Waals surface area contributed by atoms with Crippen molar-refractivity contribution >= 4 is 47.1 Å². The highest BCUT2D eigenvalue weighted by Crippen LogP contribution is 2.10. The van der Waals surface area contributed by atoms with E-state index in [1.807, 2.05) is 13.1 Å². The van der Waals surface area contributed by atoms with E-state index in [0.717, 1.165) is 54.1 Å². The zero-order chi connectivity index (χ0) is 18.1. The van der Waals surface area contributed by atoms with Crippen LogP contribution in [0.15, 0.2) is 28.7 Å². The topological polar surface area (TPSA) is 65.4 Å². The fourth-order valence-corrected chi connectivity index (χ4v) is 3.14. The molecule has 0 amide bonds. The molecular formula is C18H29IN6S. The summed E-state index contributed by atoms with van der Waals surface area (Å²) < 4.78 is 0. The molecule has 0 aliphatic rings. The van der Waals surface area contributed by atoms with Crippen LogP contribution in [0.4, 0.5) is 5.82 Å². The van der Waals surface area contributed by atoms with Gasteiger partial charge in [-0.2, -0.15) is 0 Å². The van der Waals surface area contributed by atoms with Crippen molar-refractivity contribution in [2.75, 3.05) is 31.6 Å². The van der Waals surface area contributed by atoms with E-state index in [1.165, 1.54) is 0 Å². The first-order valence-corrected chi connectivity index (χ1v) is 9.59. The summed E-state index contributed by atoms with van der Waals surface area (Å²) in [5, 5.41) is 9.86. The van der Waals surface area contributed by atoms with Crippen LogP contribution in [0.2, 0.25) is 0 Å². The Labute approximate surface area is 177 Å². The molecule has 0 aromatic carbocycles. The molecule has 0 unspecified atom stereocenters. The van der Waals surface area contributed by atoms with Gasteiger partial charge in [0.15, 0.2) is 5.96 Å². The van der Waals surface area contributed by atoms with Crippen molar-refractivity contribution in [1.29, 1.82) is 0 Å². The van der Waals surface area contributed by atoms with Crippen LogP contribution in [0, 0.1) is 6.92 Å². The zero-order valence-electron chi connectivity index (χ0n) is 16.0. The second-order valence-corrected chi connectivity index (χ2v) is 6.72. The molecule has 0 saturated heterocycles. The Morgan fingerprint density at radius 3 is 2.54 bits per heavy atom. The Bertz CT molecular complexity index is 667. The Morgan fingerprint density at radius 1 is 1.23 bits per heavy atom. The molecule has 0 atom stereocenters. The van der Waals surface area contributed by atoms with Gasteiger partial charge in [0.2, 0.25) is 0 Å². The molecule has 0 aliphatic carbocycles. The Balaban J connectivity index is 0.00000338. The Hall–Kier alpha value is -1.42. The molecule has 0 fully saturated rings. The lowest BCUT2D eigenvalue weighted by Gasteiger charge is -2.19. The van der Waals surface area contributed by atoms with Gasteiger partial charge in [-0.05, 0) is 32.4 Å². The number of nitrogens with zero attached hydrogens (tertiary/aromatic N) is 4. The summed E-state index contributed by atoms with van der Waals surface area (Å²) in [5.74, 6) is 1.81.